The molecular weight excluding hydrogens is 508 g/mol. The molecule has 0 atom stereocenters. The average molecular weight is 533 g/mol. The largest absolute Gasteiger partial charge is 0.497 e. The van der Waals surface area contributed by atoms with Crippen molar-refractivity contribution in [1.29, 1.82) is 0 Å². The minimum atomic E-state index is -4.56. The second-order valence-electron chi connectivity index (χ2n) is 7.14. The van der Waals surface area contributed by atoms with Crippen molar-refractivity contribution in [1.82, 2.24) is 10.3 Å². The topological polar surface area (TPSA) is 141 Å². The van der Waals surface area contributed by atoms with E-state index in [4.69, 9.17) is 9.47 Å². The van der Waals surface area contributed by atoms with Crippen LogP contribution < -0.4 is 19.1 Å². The molecule has 0 fully saturated rings. The Morgan fingerprint density at radius 2 is 1.86 bits per heavy atom. The second kappa shape index (κ2) is 12.2. The molecule has 36 heavy (non-hydrogen) atoms. The maximum atomic E-state index is 13.7. The van der Waals surface area contributed by atoms with E-state index >= 15 is 0 Å². The zero-order valence-electron chi connectivity index (χ0n) is 19.5. The second-order valence-corrected chi connectivity index (χ2v) is 10.1. The first kappa shape index (κ1) is 26.8. The van der Waals surface area contributed by atoms with Crippen LogP contribution in [0.25, 0.3) is 0 Å². The highest BCUT2D eigenvalue weighted by molar-refractivity contribution is 7.99. The Bertz CT molecular complexity index is 1320. The summed E-state index contributed by atoms with van der Waals surface area (Å²) in [6, 6.07) is 14.8. The summed E-state index contributed by atoms with van der Waals surface area (Å²) in [6.45, 7) is -0.384. The van der Waals surface area contributed by atoms with Crippen molar-refractivity contribution in [3.05, 3.63) is 77.0 Å². The average Bonchev–Trinajstić information content (AvgIpc) is 2.90. The molecule has 0 aliphatic heterocycles. The number of nitro groups is 1. The Balaban J connectivity index is 1.90. The molecule has 13 heteroatoms. The number of para-hydroxylation sites is 1. The van der Waals surface area contributed by atoms with Gasteiger partial charge in [-0.05, 0) is 30.3 Å². The fourth-order valence-corrected chi connectivity index (χ4v) is 5.52. The van der Waals surface area contributed by atoms with Crippen molar-refractivity contribution in [2.24, 2.45) is 0 Å². The monoisotopic (exact) mass is 532 g/mol. The number of nitrogens with zero attached hydrogens (tertiary/aromatic N) is 3. The van der Waals surface area contributed by atoms with E-state index in [0.717, 1.165) is 21.5 Å². The van der Waals surface area contributed by atoms with E-state index < -0.39 is 38.0 Å². The van der Waals surface area contributed by atoms with Crippen LogP contribution in [0.1, 0.15) is 0 Å². The third-order valence-corrected chi connectivity index (χ3v) is 7.64. The smallest absolute Gasteiger partial charge is 0.289 e. The van der Waals surface area contributed by atoms with Gasteiger partial charge in [-0.25, -0.2) is 13.4 Å². The summed E-state index contributed by atoms with van der Waals surface area (Å²) in [5.41, 5.74) is -0.586. The fraction of sp³-hybridized carbons (Fsp3) is 0.217. The van der Waals surface area contributed by atoms with Crippen LogP contribution in [-0.2, 0) is 14.8 Å². The summed E-state index contributed by atoms with van der Waals surface area (Å²) in [4.78, 5) is 27.2. The molecule has 3 rings (SSSR count). The normalized spacial score (nSPS) is 10.9. The van der Waals surface area contributed by atoms with Crippen molar-refractivity contribution < 1.29 is 27.6 Å². The molecule has 1 heterocycles. The number of amides is 1. The Morgan fingerprint density at radius 1 is 1.11 bits per heavy atom. The number of pyridine rings is 1. The summed E-state index contributed by atoms with van der Waals surface area (Å²) >= 11 is 1.43. The first-order valence-corrected chi connectivity index (χ1v) is 13.0. The molecule has 3 aromatic rings. The highest BCUT2D eigenvalue weighted by Crippen LogP contribution is 2.37. The molecule has 0 saturated heterocycles. The first-order chi connectivity index (χ1) is 17.3. The number of hydrogen-bond acceptors (Lipinski definition) is 9. The van der Waals surface area contributed by atoms with E-state index in [-0.39, 0.29) is 18.0 Å². The van der Waals surface area contributed by atoms with Crippen LogP contribution >= 0.6 is 11.8 Å². The highest BCUT2D eigenvalue weighted by atomic mass is 32.2. The summed E-state index contributed by atoms with van der Waals surface area (Å²) < 4.78 is 38.6. The lowest BCUT2D eigenvalue weighted by Gasteiger charge is -2.25. The number of rotatable bonds is 12. The molecule has 11 nitrogen and oxygen atoms in total. The predicted molar refractivity (Wildman–Crippen MR) is 135 cm³/mol. The number of sulfonamides is 1. The molecule has 190 valence electrons. The van der Waals surface area contributed by atoms with Crippen LogP contribution in [0.5, 0.6) is 11.5 Å². The molecule has 0 aliphatic rings. The van der Waals surface area contributed by atoms with Gasteiger partial charge in [-0.1, -0.05) is 18.2 Å². The number of methoxy groups -OCH3 is 2. The van der Waals surface area contributed by atoms with Gasteiger partial charge in [-0.3, -0.25) is 19.2 Å². The lowest BCUT2D eigenvalue weighted by Crippen LogP contribution is -2.41. The number of carbonyl (C=O) groups excluding carboxylic acids is 1. The van der Waals surface area contributed by atoms with Gasteiger partial charge in [-0.15, -0.1) is 11.8 Å². The lowest BCUT2D eigenvalue weighted by atomic mass is 10.2. The van der Waals surface area contributed by atoms with E-state index in [9.17, 15) is 23.3 Å². The first-order valence-electron chi connectivity index (χ1n) is 10.6. The third kappa shape index (κ3) is 6.43. The van der Waals surface area contributed by atoms with Crippen LogP contribution in [0.2, 0.25) is 0 Å². The number of nitrogens with one attached hydrogen (secondary N) is 1. The van der Waals surface area contributed by atoms with E-state index in [1.165, 1.54) is 56.3 Å². The van der Waals surface area contributed by atoms with Gasteiger partial charge < -0.3 is 14.8 Å². The van der Waals surface area contributed by atoms with Crippen molar-refractivity contribution in [2.75, 3.05) is 37.4 Å². The SMILES string of the molecule is COc1ccc(N(CC(=O)NCCSc2ccccn2)S(=O)(=O)c2ccccc2[N+](=O)[O-])c(OC)c1. The maximum absolute atomic E-state index is 13.7. The van der Waals surface area contributed by atoms with Crippen LogP contribution in [0.15, 0.2) is 76.8 Å². The van der Waals surface area contributed by atoms with Gasteiger partial charge in [0.15, 0.2) is 4.90 Å². The molecule has 0 spiro atoms. The number of hydrogen-bond donors (Lipinski definition) is 1. The minimum Gasteiger partial charge on any atom is -0.497 e. The van der Waals surface area contributed by atoms with Crippen LogP contribution in [0.4, 0.5) is 11.4 Å². The molecule has 0 radical (unpaired) electrons. The Morgan fingerprint density at radius 3 is 2.53 bits per heavy atom. The van der Waals surface area contributed by atoms with Gasteiger partial charge in [0.05, 0.1) is 29.9 Å². The molecule has 1 aromatic heterocycles. The standard InChI is InChI=1S/C23H24N4O7S2/c1-33-17-10-11-18(20(15-17)34-2)26(36(31,32)21-8-4-3-7-19(21)27(29)30)16-22(28)24-13-14-35-23-9-5-6-12-25-23/h3-12,15H,13-14,16H2,1-2H3,(H,24,28). The van der Waals surface area contributed by atoms with Gasteiger partial charge in [-0.2, -0.15) is 0 Å². The number of aromatic nitrogens is 1. The number of carbonyl (C=O) groups is 1. The fourth-order valence-electron chi connectivity index (χ4n) is 3.20. The Kier molecular flexibility index (Phi) is 9.08. The number of anilines is 1. The van der Waals surface area contributed by atoms with Crippen LogP contribution in [-0.4, -0.2) is 57.3 Å². The van der Waals surface area contributed by atoms with Gasteiger partial charge in [0.25, 0.3) is 15.7 Å². The Labute approximate surface area is 212 Å². The molecule has 0 aliphatic carbocycles. The number of benzene rings is 2. The van der Waals surface area contributed by atoms with E-state index in [2.05, 4.69) is 10.3 Å². The van der Waals surface area contributed by atoms with E-state index in [1.807, 2.05) is 12.1 Å². The molecule has 1 N–H and O–H groups in total. The highest BCUT2D eigenvalue weighted by Gasteiger charge is 2.34. The van der Waals surface area contributed by atoms with E-state index in [1.54, 1.807) is 12.3 Å². The minimum absolute atomic E-state index is 0.0226. The maximum Gasteiger partial charge on any atom is 0.289 e. The Hall–Kier alpha value is -3.84. The number of thioether (sulfide) groups is 1. The third-order valence-electron chi connectivity index (χ3n) is 4.88. The van der Waals surface area contributed by atoms with Gasteiger partial charge in [0.2, 0.25) is 5.91 Å². The number of ether oxygens (including phenoxy) is 2. The molecule has 0 saturated carbocycles. The van der Waals surface area contributed by atoms with Crippen LogP contribution in [0.3, 0.4) is 0 Å². The van der Waals surface area contributed by atoms with Crippen molar-refractivity contribution in [2.45, 2.75) is 9.92 Å². The van der Waals surface area contributed by atoms with Crippen molar-refractivity contribution >= 4 is 39.1 Å². The zero-order chi connectivity index (χ0) is 26.1. The summed E-state index contributed by atoms with van der Waals surface area (Å²) in [5, 5.41) is 15.0. The van der Waals surface area contributed by atoms with E-state index in [0.29, 0.717) is 11.5 Å². The van der Waals surface area contributed by atoms with Gasteiger partial charge in [0.1, 0.15) is 18.0 Å². The molecule has 1 amide bonds. The predicted octanol–water partition coefficient (Wildman–Crippen LogP) is 3.11. The quantitative estimate of drug-likeness (QED) is 0.161. The zero-order valence-corrected chi connectivity index (χ0v) is 21.1. The molecular formula is C23H24N4O7S2. The van der Waals surface area contributed by atoms with Crippen LogP contribution in [0, 0.1) is 10.1 Å². The molecule has 0 unspecified atom stereocenters. The molecule has 0 bridgehead atoms. The summed E-state index contributed by atoms with van der Waals surface area (Å²) in [7, 11) is -1.78. The summed E-state index contributed by atoms with van der Waals surface area (Å²) in [5.74, 6) is 0.409. The molecule has 2 aromatic carbocycles. The lowest BCUT2D eigenvalue weighted by molar-refractivity contribution is -0.387. The summed E-state index contributed by atoms with van der Waals surface area (Å²) in [6.07, 6.45) is 1.66. The van der Waals surface area contributed by atoms with Crippen molar-refractivity contribution in [3.63, 3.8) is 0 Å². The van der Waals surface area contributed by atoms with Gasteiger partial charge >= 0.3 is 0 Å². The number of nitro benzene ring substituents is 1. The van der Waals surface area contributed by atoms with Gasteiger partial charge in [0, 0.05) is 30.6 Å². The van der Waals surface area contributed by atoms with Crippen molar-refractivity contribution in [3.8, 4) is 11.5 Å².